The molecule has 0 aromatic carbocycles. The highest BCUT2D eigenvalue weighted by molar-refractivity contribution is 7.05. The molecule has 2 aromatic rings. The number of ether oxygens (including phenoxy) is 1. The summed E-state index contributed by atoms with van der Waals surface area (Å²) < 4.78 is 11.9. The fraction of sp³-hybridized carbons (Fsp3) is 0.647. The second kappa shape index (κ2) is 7.05. The molecule has 0 saturated carbocycles. The standard InChI is InChI=1S/C17H24N6O2S/c1-13-15(19-20-26-13)16(24)23-7-8-25-12-17(11-23)3-5-22(10-17)9-14-18-4-6-21(14)2/h4,6H,3,5,7-12H2,1-2H3/t17-/m1/s1. The molecule has 2 fully saturated rings. The maximum Gasteiger partial charge on any atom is 0.275 e. The highest BCUT2D eigenvalue weighted by atomic mass is 32.1. The van der Waals surface area contributed by atoms with Gasteiger partial charge in [-0.3, -0.25) is 9.69 Å². The molecule has 2 aliphatic rings. The van der Waals surface area contributed by atoms with Crippen molar-refractivity contribution < 1.29 is 9.53 Å². The first kappa shape index (κ1) is 17.6. The first-order valence-corrected chi connectivity index (χ1v) is 9.68. The van der Waals surface area contributed by atoms with E-state index in [9.17, 15) is 4.79 Å². The Labute approximate surface area is 156 Å². The fourth-order valence-electron chi connectivity index (χ4n) is 3.90. The summed E-state index contributed by atoms with van der Waals surface area (Å²) in [6, 6.07) is 0. The number of hydrogen-bond donors (Lipinski definition) is 0. The lowest BCUT2D eigenvalue weighted by atomic mass is 9.87. The number of carbonyl (C=O) groups is 1. The maximum absolute atomic E-state index is 12.9. The summed E-state index contributed by atoms with van der Waals surface area (Å²) in [7, 11) is 2.02. The van der Waals surface area contributed by atoms with Crippen molar-refractivity contribution in [3.63, 3.8) is 0 Å². The first-order valence-electron chi connectivity index (χ1n) is 8.91. The predicted molar refractivity (Wildman–Crippen MR) is 96.9 cm³/mol. The number of nitrogens with zero attached hydrogens (tertiary/aromatic N) is 6. The van der Waals surface area contributed by atoms with Crippen LogP contribution in [0.2, 0.25) is 0 Å². The van der Waals surface area contributed by atoms with E-state index >= 15 is 0 Å². The van der Waals surface area contributed by atoms with E-state index in [4.69, 9.17) is 4.74 Å². The zero-order valence-electron chi connectivity index (χ0n) is 15.2. The molecule has 2 aliphatic heterocycles. The van der Waals surface area contributed by atoms with E-state index in [0.717, 1.165) is 36.8 Å². The van der Waals surface area contributed by atoms with Crippen LogP contribution in [0.25, 0.3) is 0 Å². The predicted octanol–water partition coefficient (Wildman–Crippen LogP) is 0.945. The van der Waals surface area contributed by atoms with Gasteiger partial charge in [-0.15, -0.1) is 5.10 Å². The number of rotatable bonds is 3. The summed E-state index contributed by atoms with van der Waals surface area (Å²) in [6.07, 6.45) is 4.83. The van der Waals surface area contributed by atoms with Crippen LogP contribution in [-0.2, 0) is 18.3 Å². The van der Waals surface area contributed by atoms with Gasteiger partial charge in [0.05, 0.1) is 24.6 Å². The molecule has 140 valence electrons. The van der Waals surface area contributed by atoms with E-state index < -0.39 is 0 Å². The molecule has 26 heavy (non-hydrogen) atoms. The summed E-state index contributed by atoms with van der Waals surface area (Å²) in [6.45, 7) is 7.22. The van der Waals surface area contributed by atoms with Crippen LogP contribution < -0.4 is 0 Å². The summed E-state index contributed by atoms with van der Waals surface area (Å²) in [5.74, 6) is 1.04. The van der Waals surface area contributed by atoms with Crippen LogP contribution in [0.4, 0.5) is 0 Å². The third-order valence-corrected chi connectivity index (χ3v) is 6.02. The molecule has 9 heteroatoms. The van der Waals surface area contributed by atoms with E-state index in [1.165, 1.54) is 11.5 Å². The quantitative estimate of drug-likeness (QED) is 0.794. The summed E-state index contributed by atoms with van der Waals surface area (Å²) in [4.78, 5) is 22.5. The number of amides is 1. The minimum absolute atomic E-state index is 0.0192. The summed E-state index contributed by atoms with van der Waals surface area (Å²) in [5, 5.41) is 4.03. The van der Waals surface area contributed by atoms with Crippen molar-refractivity contribution >= 4 is 17.4 Å². The molecule has 8 nitrogen and oxygen atoms in total. The fourth-order valence-corrected chi connectivity index (χ4v) is 4.36. The van der Waals surface area contributed by atoms with Gasteiger partial charge in [-0.1, -0.05) is 4.49 Å². The maximum atomic E-state index is 12.9. The molecular weight excluding hydrogens is 352 g/mol. The molecule has 0 radical (unpaired) electrons. The summed E-state index contributed by atoms with van der Waals surface area (Å²) >= 11 is 1.27. The Hall–Kier alpha value is -1.84. The lowest BCUT2D eigenvalue weighted by molar-refractivity contribution is 0.0639. The number of hydrogen-bond acceptors (Lipinski definition) is 7. The molecule has 0 N–H and O–H groups in total. The van der Waals surface area contributed by atoms with Gasteiger partial charge in [-0.25, -0.2) is 4.98 Å². The largest absolute Gasteiger partial charge is 0.379 e. The third kappa shape index (κ3) is 3.38. The van der Waals surface area contributed by atoms with Crippen molar-refractivity contribution in [3.05, 3.63) is 28.8 Å². The number of aromatic nitrogens is 4. The SMILES string of the molecule is Cc1snnc1C(=O)N1CCOC[C@@]2(CCN(Cc3nccn3C)C2)C1. The van der Waals surface area contributed by atoms with Gasteiger partial charge < -0.3 is 14.2 Å². The number of aryl methyl sites for hydroxylation is 2. The second-order valence-corrected chi connectivity index (χ2v) is 8.33. The number of carbonyl (C=O) groups excluding carboxylic acids is 1. The van der Waals surface area contributed by atoms with Gasteiger partial charge in [0.1, 0.15) is 5.82 Å². The van der Waals surface area contributed by atoms with Gasteiger partial charge >= 0.3 is 0 Å². The molecule has 0 unspecified atom stereocenters. The van der Waals surface area contributed by atoms with Crippen LogP contribution in [0.3, 0.4) is 0 Å². The van der Waals surface area contributed by atoms with Crippen LogP contribution in [0.5, 0.6) is 0 Å². The van der Waals surface area contributed by atoms with E-state index in [1.54, 1.807) is 0 Å². The normalized spacial score (nSPS) is 24.3. The first-order chi connectivity index (χ1) is 12.6. The molecule has 2 aromatic heterocycles. The molecule has 4 rings (SSSR count). The van der Waals surface area contributed by atoms with Crippen molar-refractivity contribution in [1.82, 2.24) is 28.9 Å². The highest BCUT2D eigenvalue weighted by Crippen LogP contribution is 2.34. The van der Waals surface area contributed by atoms with Gasteiger partial charge in [0, 0.05) is 44.5 Å². The smallest absolute Gasteiger partial charge is 0.275 e. The Kier molecular flexibility index (Phi) is 4.76. The number of imidazole rings is 1. The Morgan fingerprint density at radius 2 is 2.27 bits per heavy atom. The van der Waals surface area contributed by atoms with Crippen LogP contribution in [0, 0.1) is 12.3 Å². The second-order valence-electron chi connectivity index (χ2n) is 7.37. The van der Waals surface area contributed by atoms with E-state index in [1.807, 2.05) is 31.3 Å². The molecular formula is C17H24N6O2S. The van der Waals surface area contributed by atoms with Gasteiger partial charge in [-0.2, -0.15) is 0 Å². The lowest BCUT2D eigenvalue weighted by Crippen LogP contribution is -2.43. The Morgan fingerprint density at radius 1 is 1.38 bits per heavy atom. The zero-order valence-corrected chi connectivity index (χ0v) is 16.0. The highest BCUT2D eigenvalue weighted by Gasteiger charge is 2.42. The van der Waals surface area contributed by atoms with Gasteiger partial charge in [-0.05, 0) is 31.4 Å². The van der Waals surface area contributed by atoms with Crippen LogP contribution >= 0.6 is 11.5 Å². The molecule has 1 spiro atoms. The van der Waals surface area contributed by atoms with Gasteiger partial charge in [0.2, 0.25) is 0 Å². The average Bonchev–Trinajstić information content (AvgIpc) is 3.28. The van der Waals surface area contributed by atoms with Crippen molar-refractivity contribution in [2.24, 2.45) is 12.5 Å². The molecule has 4 heterocycles. The monoisotopic (exact) mass is 376 g/mol. The van der Waals surface area contributed by atoms with Gasteiger partial charge in [0.25, 0.3) is 5.91 Å². The van der Waals surface area contributed by atoms with Crippen LogP contribution in [0.15, 0.2) is 12.4 Å². The molecule has 2 saturated heterocycles. The Morgan fingerprint density at radius 3 is 3.00 bits per heavy atom. The van der Waals surface area contributed by atoms with Crippen LogP contribution in [0.1, 0.15) is 27.6 Å². The van der Waals surface area contributed by atoms with E-state index in [-0.39, 0.29) is 11.3 Å². The Balaban J connectivity index is 1.47. The minimum Gasteiger partial charge on any atom is -0.379 e. The summed E-state index contributed by atoms with van der Waals surface area (Å²) in [5.41, 5.74) is 0.462. The van der Waals surface area contributed by atoms with Crippen LogP contribution in [-0.4, -0.2) is 74.2 Å². The molecule has 1 amide bonds. The number of likely N-dealkylation sites (tertiary alicyclic amines) is 1. The van der Waals surface area contributed by atoms with E-state index in [2.05, 4.69) is 24.0 Å². The topological polar surface area (TPSA) is 76.4 Å². The van der Waals surface area contributed by atoms with Crippen molar-refractivity contribution in [1.29, 1.82) is 0 Å². The van der Waals surface area contributed by atoms with E-state index in [0.29, 0.717) is 32.0 Å². The Bertz CT molecular complexity index is 790. The van der Waals surface area contributed by atoms with Crippen molar-refractivity contribution in [2.75, 3.05) is 39.4 Å². The van der Waals surface area contributed by atoms with Gasteiger partial charge in [0.15, 0.2) is 5.69 Å². The average molecular weight is 376 g/mol. The van der Waals surface area contributed by atoms with Crippen molar-refractivity contribution in [2.45, 2.75) is 19.9 Å². The molecule has 0 aliphatic carbocycles. The third-order valence-electron chi connectivity index (χ3n) is 5.39. The van der Waals surface area contributed by atoms with Crippen molar-refractivity contribution in [3.8, 4) is 0 Å². The molecule has 0 bridgehead atoms. The minimum atomic E-state index is -0.0244. The molecule has 1 atom stereocenters. The zero-order chi connectivity index (χ0) is 18.1. The lowest BCUT2D eigenvalue weighted by Gasteiger charge is -2.31.